The van der Waals surface area contributed by atoms with Crippen LogP contribution in [0.5, 0.6) is 0 Å². The number of ether oxygens (including phenoxy) is 1. The first kappa shape index (κ1) is 21.4. The lowest BCUT2D eigenvalue weighted by atomic mass is 9.97. The van der Waals surface area contributed by atoms with Crippen LogP contribution in [0.3, 0.4) is 0 Å². The van der Waals surface area contributed by atoms with E-state index in [1.165, 1.54) is 11.3 Å². The summed E-state index contributed by atoms with van der Waals surface area (Å²) in [6.45, 7) is 4.99. The van der Waals surface area contributed by atoms with Gasteiger partial charge in [-0.2, -0.15) is 4.99 Å². The predicted octanol–water partition coefficient (Wildman–Crippen LogP) is 4.38. The molecule has 2 heterocycles. The van der Waals surface area contributed by atoms with Crippen LogP contribution in [0.15, 0.2) is 53.5 Å². The zero-order valence-corrected chi connectivity index (χ0v) is 18.8. The second kappa shape index (κ2) is 9.53. The van der Waals surface area contributed by atoms with Gasteiger partial charge in [-0.3, -0.25) is 0 Å². The highest BCUT2D eigenvalue weighted by molar-refractivity contribution is 7.15. The van der Waals surface area contributed by atoms with Crippen LogP contribution in [0.1, 0.15) is 23.4 Å². The summed E-state index contributed by atoms with van der Waals surface area (Å²) in [5.41, 5.74) is 2.33. The fourth-order valence-electron chi connectivity index (χ4n) is 3.54. The molecule has 0 N–H and O–H groups in total. The largest absolute Gasteiger partial charge is 0.378 e. The number of guanidine groups is 1. The van der Waals surface area contributed by atoms with E-state index in [1.54, 1.807) is 6.07 Å². The van der Waals surface area contributed by atoms with Crippen molar-refractivity contribution in [1.82, 2.24) is 20.0 Å². The summed E-state index contributed by atoms with van der Waals surface area (Å²) < 4.78 is 20.2. The number of aromatic nitrogens is 2. The second-order valence-electron chi connectivity index (χ2n) is 7.66. The summed E-state index contributed by atoms with van der Waals surface area (Å²) in [7, 11) is 3.94. The van der Waals surface area contributed by atoms with Crippen LogP contribution in [0.2, 0.25) is 0 Å². The molecule has 162 valence electrons. The van der Waals surface area contributed by atoms with Gasteiger partial charge in [0.25, 0.3) is 0 Å². The van der Waals surface area contributed by atoms with Crippen molar-refractivity contribution < 1.29 is 9.13 Å². The number of hydrogen-bond donors (Lipinski definition) is 0. The number of rotatable bonds is 4. The molecule has 6 nitrogen and oxygen atoms in total. The maximum atomic E-state index is 14.8. The van der Waals surface area contributed by atoms with Crippen molar-refractivity contribution >= 4 is 22.4 Å². The van der Waals surface area contributed by atoms with Gasteiger partial charge in [0.1, 0.15) is 10.8 Å². The Morgan fingerprint density at radius 1 is 1.13 bits per heavy atom. The molecular formula is C23H26FN5OS. The summed E-state index contributed by atoms with van der Waals surface area (Å²) in [5, 5.41) is 10.0. The third kappa shape index (κ3) is 4.91. The molecule has 0 radical (unpaired) electrons. The molecule has 0 bridgehead atoms. The normalized spacial score (nSPS) is 15.7. The first-order chi connectivity index (χ1) is 15.0. The van der Waals surface area contributed by atoms with E-state index in [1.807, 2.05) is 68.4 Å². The molecule has 1 atom stereocenters. The van der Waals surface area contributed by atoms with Gasteiger partial charge in [0.2, 0.25) is 11.1 Å². The lowest BCUT2D eigenvalue weighted by molar-refractivity contribution is 0.0638. The molecule has 1 aliphatic heterocycles. The van der Waals surface area contributed by atoms with Crippen LogP contribution in [-0.4, -0.2) is 66.4 Å². The number of aliphatic imine (C=N–C) groups is 1. The minimum Gasteiger partial charge on any atom is -0.378 e. The summed E-state index contributed by atoms with van der Waals surface area (Å²) in [5.74, 6) is 0.532. The molecule has 0 amide bonds. The van der Waals surface area contributed by atoms with Gasteiger partial charge in [0.15, 0.2) is 0 Å². The molecule has 1 aliphatic rings. The molecule has 0 aliphatic carbocycles. The van der Waals surface area contributed by atoms with Gasteiger partial charge in [-0.05, 0) is 17.2 Å². The standard InChI is InChI=1S/C23H26FN5OS/c1-16(18-9-10-19(20(24)15-18)17-7-5-4-6-8-17)21-26-27-22(31-21)25-23(28(2)3)29-11-13-30-14-12-29/h4-10,15-16H,11-14H2,1-3H3/b25-23+. The molecule has 3 aromatic rings. The molecule has 31 heavy (non-hydrogen) atoms. The molecule has 1 unspecified atom stereocenters. The summed E-state index contributed by atoms with van der Waals surface area (Å²) in [6, 6.07) is 14.9. The van der Waals surface area contributed by atoms with Crippen LogP contribution in [0.4, 0.5) is 9.52 Å². The smallest absolute Gasteiger partial charge is 0.234 e. The van der Waals surface area contributed by atoms with Gasteiger partial charge in [-0.25, -0.2) is 4.39 Å². The molecule has 1 fully saturated rings. The summed E-state index contributed by atoms with van der Waals surface area (Å²) in [4.78, 5) is 8.90. The maximum Gasteiger partial charge on any atom is 0.234 e. The molecule has 0 spiro atoms. The Kier molecular flexibility index (Phi) is 6.58. The van der Waals surface area contributed by atoms with Crippen molar-refractivity contribution in [3.05, 3.63) is 64.9 Å². The van der Waals surface area contributed by atoms with Gasteiger partial charge >= 0.3 is 0 Å². The number of halogens is 1. The molecular weight excluding hydrogens is 413 g/mol. The van der Waals surface area contributed by atoms with Crippen molar-refractivity contribution in [3.8, 4) is 11.1 Å². The zero-order valence-electron chi connectivity index (χ0n) is 18.0. The van der Waals surface area contributed by atoms with E-state index >= 15 is 0 Å². The minimum absolute atomic E-state index is 0.0769. The average molecular weight is 440 g/mol. The molecule has 0 saturated carbocycles. The highest BCUT2D eigenvalue weighted by Gasteiger charge is 2.20. The highest BCUT2D eigenvalue weighted by Crippen LogP contribution is 2.32. The van der Waals surface area contributed by atoms with Crippen LogP contribution in [0, 0.1) is 5.82 Å². The van der Waals surface area contributed by atoms with E-state index in [2.05, 4.69) is 15.1 Å². The molecule has 1 saturated heterocycles. The van der Waals surface area contributed by atoms with E-state index in [0.29, 0.717) is 23.9 Å². The third-order valence-electron chi connectivity index (χ3n) is 5.27. The topological polar surface area (TPSA) is 53.9 Å². The lowest BCUT2D eigenvalue weighted by Gasteiger charge is -2.32. The number of morpholine rings is 1. The van der Waals surface area contributed by atoms with E-state index < -0.39 is 0 Å². The Balaban J connectivity index is 1.55. The SMILES string of the molecule is CC(c1ccc(-c2ccccc2)c(F)c1)c1nnc(/N=C(\N(C)C)N2CCOCC2)s1. The first-order valence-corrected chi connectivity index (χ1v) is 11.1. The van der Waals surface area contributed by atoms with Gasteiger partial charge in [-0.15, -0.1) is 10.2 Å². The van der Waals surface area contributed by atoms with Gasteiger partial charge in [0, 0.05) is 38.7 Å². The average Bonchev–Trinajstić information content (AvgIpc) is 3.26. The van der Waals surface area contributed by atoms with Crippen LogP contribution in [-0.2, 0) is 4.74 Å². The second-order valence-corrected chi connectivity index (χ2v) is 8.64. The van der Waals surface area contributed by atoms with Crippen molar-refractivity contribution in [2.24, 2.45) is 4.99 Å². The van der Waals surface area contributed by atoms with Gasteiger partial charge < -0.3 is 14.5 Å². The van der Waals surface area contributed by atoms with E-state index in [0.717, 1.165) is 35.2 Å². The molecule has 8 heteroatoms. The summed E-state index contributed by atoms with van der Waals surface area (Å²) >= 11 is 1.44. The first-order valence-electron chi connectivity index (χ1n) is 10.3. The lowest BCUT2D eigenvalue weighted by Crippen LogP contribution is -2.46. The number of benzene rings is 2. The van der Waals surface area contributed by atoms with Crippen molar-refractivity contribution in [3.63, 3.8) is 0 Å². The number of nitrogens with zero attached hydrogens (tertiary/aromatic N) is 5. The van der Waals surface area contributed by atoms with E-state index in [-0.39, 0.29) is 11.7 Å². The zero-order chi connectivity index (χ0) is 21.8. The number of hydrogen-bond acceptors (Lipinski definition) is 5. The van der Waals surface area contributed by atoms with E-state index in [9.17, 15) is 4.39 Å². The Morgan fingerprint density at radius 3 is 2.55 bits per heavy atom. The van der Waals surface area contributed by atoms with Gasteiger partial charge in [-0.1, -0.05) is 60.7 Å². The van der Waals surface area contributed by atoms with Crippen LogP contribution >= 0.6 is 11.3 Å². The Morgan fingerprint density at radius 2 is 1.87 bits per heavy atom. The summed E-state index contributed by atoms with van der Waals surface area (Å²) in [6.07, 6.45) is 0. The maximum absolute atomic E-state index is 14.8. The fraction of sp³-hybridized carbons (Fsp3) is 0.348. The van der Waals surface area contributed by atoms with Gasteiger partial charge in [0.05, 0.1) is 13.2 Å². The highest BCUT2D eigenvalue weighted by atomic mass is 32.1. The minimum atomic E-state index is -0.236. The Bertz CT molecular complexity index is 1050. The van der Waals surface area contributed by atoms with E-state index in [4.69, 9.17) is 9.73 Å². The van der Waals surface area contributed by atoms with Crippen molar-refractivity contribution in [2.45, 2.75) is 12.8 Å². The van der Waals surface area contributed by atoms with Crippen LogP contribution in [0.25, 0.3) is 11.1 Å². The monoisotopic (exact) mass is 439 g/mol. The fourth-order valence-corrected chi connectivity index (χ4v) is 4.33. The third-order valence-corrected chi connectivity index (χ3v) is 6.27. The molecule has 2 aromatic carbocycles. The van der Waals surface area contributed by atoms with Crippen LogP contribution < -0.4 is 0 Å². The predicted molar refractivity (Wildman–Crippen MR) is 122 cm³/mol. The Labute approximate surface area is 186 Å². The quantitative estimate of drug-likeness (QED) is 0.446. The molecule has 1 aromatic heterocycles. The Hall–Kier alpha value is -2.84. The molecule has 4 rings (SSSR count). The van der Waals surface area contributed by atoms with Crippen molar-refractivity contribution in [1.29, 1.82) is 0 Å². The van der Waals surface area contributed by atoms with Crippen molar-refractivity contribution in [2.75, 3.05) is 40.4 Å².